The molecule has 1 aliphatic carbocycles. The zero-order valence-electron chi connectivity index (χ0n) is 21.5. The predicted octanol–water partition coefficient (Wildman–Crippen LogP) is 5.32. The van der Waals surface area contributed by atoms with Crippen LogP contribution < -0.4 is 20.5 Å². The molecule has 39 heavy (non-hydrogen) atoms. The molecule has 0 radical (unpaired) electrons. The lowest BCUT2D eigenvalue weighted by Gasteiger charge is -2.34. The SMILES string of the molecule is COc1ccc(C(N)=O)c(-c2c(Cl)ccc3c2C[C@@](CN[C@H]2CC[C@H](C(=O)O)CC2)(c2ccccc2)O3)c1F. The fourth-order valence-corrected chi connectivity index (χ4v) is 6.07. The van der Waals surface area contributed by atoms with Crippen LogP contribution in [0.3, 0.4) is 0 Å². The van der Waals surface area contributed by atoms with Gasteiger partial charge in [0.15, 0.2) is 17.2 Å². The molecule has 3 aromatic rings. The van der Waals surface area contributed by atoms with Crippen molar-refractivity contribution in [3.8, 4) is 22.6 Å². The minimum atomic E-state index is -0.838. The van der Waals surface area contributed by atoms with Crippen LogP contribution in [-0.4, -0.2) is 36.7 Å². The second-order valence-corrected chi connectivity index (χ2v) is 10.6. The molecule has 1 amide bonds. The van der Waals surface area contributed by atoms with E-state index in [4.69, 9.17) is 26.8 Å². The number of fused-ring (bicyclic) bond motifs is 1. The molecular weight excluding hydrogens is 523 g/mol. The summed E-state index contributed by atoms with van der Waals surface area (Å²) < 4.78 is 27.6. The summed E-state index contributed by atoms with van der Waals surface area (Å²) in [6.07, 6.45) is 3.11. The number of benzene rings is 3. The number of aliphatic carboxylic acids is 1. The molecule has 204 valence electrons. The Balaban J connectivity index is 1.54. The number of halogens is 2. The topological polar surface area (TPSA) is 111 Å². The van der Waals surface area contributed by atoms with Crippen molar-refractivity contribution < 1.29 is 28.6 Å². The van der Waals surface area contributed by atoms with Gasteiger partial charge in [-0.25, -0.2) is 4.39 Å². The predicted molar refractivity (Wildman–Crippen MR) is 146 cm³/mol. The van der Waals surface area contributed by atoms with Crippen molar-refractivity contribution in [1.29, 1.82) is 0 Å². The first kappa shape index (κ1) is 27.0. The Morgan fingerprint density at radius 3 is 2.46 bits per heavy atom. The van der Waals surface area contributed by atoms with E-state index >= 15 is 4.39 Å². The van der Waals surface area contributed by atoms with Gasteiger partial charge in [0.05, 0.1) is 18.6 Å². The second kappa shape index (κ2) is 10.9. The quantitative estimate of drug-likeness (QED) is 0.349. The van der Waals surface area contributed by atoms with Gasteiger partial charge in [-0.3, -0.25) is 9.59 Å². The Morgan fingerprint density at radius 2 is 1.82 bits per heavy atom. The molecule has 0 bridgehead atoms. The first-order valence-corrected chi connectivity index (χ1v) is 13.3. The van der Waals surface area contributed by atoms with E-state index in [0.717, 1.165) is 18.4 Å². The highest BCUT2D eigenvalue weighted by Gasteiger charge is 2.44. The van der Waals surface area contributed by atoms with Gasteiger partial charge in [-0.1, -0.05) is 41.9 Å². The number of carbonyl (C=O) groups excluding carboxylic acids is 1. The molecule has 9 heteroatoms. The van der Waals surface area contributed by atoms with Crippen LogP contribution in [0, 0.1) is 11.7 Å². The molecule has 0 aromatic heterocycles. The van der Waals surface area contributed by atoms with Gasteiger partial charge < -0.3 is 25.6 Å². The van der Waals surface area contributed by atoms with Gasteiger partial charge >= 0.3 is 5.97 Å². The fourth-order valence-electron chi connectivity index (χ4n) is 5.80. The number of methoxy groups -OCH3 is 1. The summed E-state index contributed by atoms with van der Waals surface area (Å²) in [6, 6.07) is 16.1. The number of ether oxygens (including phenoxy) is 2. The van der Waals surface area contributed by atoms with Crippen LogP contribution in [0.5, 0.6) is 11.5 Å². The molecular formula is C30H30ClFN2O5. The average Bonchev–Trinajstić information content (AvgIpc) is 3.33. The molecule has 0 spiro atoms. The van der Waals surface area contributed by atoms with Crippen molar-refractivity contribution in [2.24, 2.45) is 11.7 Å². The third-order valence-corrected chi connectivity index (χ3v) is 8.20. The molecule has 2 aliphatic rings. The normalized spacial score (nSPS) is 22.1. The monoisotopic (exact) mass is 552 g/mol. The van der Waals surface area contributed by atoms with Gasteiger partial charge in [0.1, 0.15) is 5.75 Å². The van der Waals surface area contributed by atoms with E-state index in [9.17, 15) is 14.7 Å². The van der Waals surface area contributed by atoms with Crippen molar-refractivity contribution in [2.45, 2.75) is 43.7 Å². The molecule has 5 rings (SSSR count). The molecule has 7 nitrogen and oxygen atoms in total. The van der Waals surface area contributed by atoms with Crippen molar-refractivity contribution in [2.75, 3.05) is 13.7 Å². The summed E-state index contributed by atoms with van der Waals surface area (Å²) in [5, 5.41) is 13.2. The first-order chi connectivity index (χ1) is 18.7. The summed E-state index contributed by atoms with van der Waals surface area (Å²) >= 11 is 6.69. The molecule has 1 saturated carbocycles. The van der Waals surface area contributed by atoms with Gasteiger partial charge in [-0.05, 0) is 55.5 Å². The second-order valence-electron chi connectivity index (χ2n) is 10.2. The number of rotatable bonds is 8. The largest absolute Gasteiger partial charge is 0.494 e. The van der Waals surface area contributed by atoms with E-state index in [1.165, 1.54) is 19.2 Å². The minimum Gasteiger partial charge on any atom is -0.494 e. The Hall–Kier alpha value is -3.62. The molecule has 0 unspecified atom stereocenters. The molecule has 0 saturated heterocycles. The maximum absolute atomic E-state index is 15.7. The van der Waals surface area contributed by atoms with Crippen LogP contribution in [0.1, 0.15) is 47.2 Å². The molecule has 1 atom stereocenters. The van der Waals surface area contributed by atoms with Crippen molar-refractivity contribution in [3.05, 3.63) is 82.1 Å². The maximum Gasteiger partial charge on any atom is 0.306 e. The number of carboxylic acids is 1. The number of hydrogen-bond donors (Lipinski definition) is 3. The summed E-state index contributed by atoms with van der Waals surface area (Å²) in [5.41, 5.74) is 6.72. The zero-order valence-corrected chi connectivity index (χ0v) is 22.3. The number of nitrogens with two attached hydrogens (primary N) is 1. The van der Waals surface area contributed by atoms with Gasteiger partial charge in [0.25, 0.3) is 0 Å². The van der Waals surface area contributed by atoms with E-state index in [2.05, 4.69) is 5.32 Å². The van der Waals surface area contributed by atoms with Crippen molar-refractivity contribution in [3.63, 3.8) is 0 Å². The van der Waals surface area contributed by atoms with Gasteiger partial charge in [-0.15, -0.1) is 0 Å². The Kier molecular flexibility index (Phi) is 7.51. The van der Waals surface area contributed by atoms with Gasteiger partial charge in [0, 0.05) is 40.7 Å². The average molecular weight is 553 g/mol. The Labute approximate surface area is 231 Å². The van der Waals surface area contributed by atoms with Crippen molar-refractivity contribution >= 4 is 23.5 Å². The Bertz CT molecular complexity index is 1410. The smallest absolute Gasteiger partial charge is 0.306 e. The van der Waals surface area contributed by atoms with Crippen LogP contribution in [-0.2, 0) is 16.8 Å². The lowest BCUT2D eigenvalue weighted by molar-refractivity contribution is -0.142. The lowest BCUT2D eigenvalue weighted by atomic mass is 9.83. The maximum atomic E-state index is 15.7. The number of nitrogens with one attached hydrogen (secondary N) is 1. The van der Waals surface area contributed by atoms with Crippen LogP contribution >= 0.6 is 11.6 Å². The highest BCUT2D eigenvalue weighted by molar-refractivity contribution is 6.34. The van der Waals surface area contributed by atoms with Gasteiger partial charge in [0.2, 0.25) is 5.91 Å². The molecule has 1 fully saturated rings. The highest BCUT2D eigenvalue weighted by atomic mass is 35.5. The number of carbonyl (C=O) groups is 2. The summed E-state index contributed by atoms with van der Waals surface area (Å²) in [7, 11) is 1.35. The van der Waals surface area contributed by atoms with E-state index in [1.807, 2.05) is 30.3 Å². The number of carboxylic acid groups (broad SMARTS) is 1. The first-order valence-electron chi connectivity index (χ1n) is 12.9. The molecule has 3 aromatic carbocycles. The van der Waals surface area contributed by atoms with Crippen molar-refractivity contribution in [1.82, 2.24) is 5.32 Å². The van der Waals surface area contributed by atoms with Crippen LogP contribution in [0.4, 0.5) is 4.39 Å². The minimum absolute atomic E-state index is 0.00544. The van der Waals surface area contributed by atoms with E-state index in [0.29, 0.717) is 42.7 Å². The molecule has 1 heterocycles. The highest BCUT2D eigenvalue weighted by Crippen LogP contribution is 2.49. The molecule has 4 N–H and O–H groups in total. The van der Waals surface area contributed by atoms with Crippen LogP contribution in [0.2, 0.25) is 5.02 Å². The zero-order chi connectivity index (χ0) is 27.7. The third kappa shape index (κ3) is 5.06. The summed E-state index contributed by atoms with van der Waals surface area (Å²) in [6.45, 7) is 0.439. The number of primary amides is 1. The summed E-state index contributed by atoms with van der Waals surface area (Å²) in [4.78, 5) is 23.7. The summed E-state index contributed by atoms with van der Waals surface area (Å²) in [5.74, 6) is -2.06. The third-order valence-electron chi connectivity index (χ3n) is 7.88. The Morgan fingerprint density at radius 1 is 1.10 bits per heavy atom. The van der Waals surface area contributed by atoms with Gasteiger partial charge in [-0.2, -0.15) is 0 Å². The van der Waals surface area contributed by atoms with Crippen LogP contribution in [0.25, 0.3) is 11.1 Å². The standard InChI is InChI=1S/C30H30ClFN2O5/c1-38-24-13-11-20(28(33)35)26(27(24)32)25-21-15-30(18-5-3-2-4-6-18,39-23(21)14-12-22(25)31)16-34-19-9-7-17(8-10-19)29(36)37/h2-6,11-14,17,19,34H,7-10,15-16H2,1H3,(H2,33,35)(H,36,37)/t17-,19-,30-/m1/s1. The number of hydrogen-bond acceptors (Lipinski definition) is 5. The fraction of sp³-hybridized carbons (Fsp3) is 0.333. The van der Waals surface area contributed by atoms with Crippen LogP contribution in [0.15, 0.2) is 54.6 Å². The van der Waals surface area contributed by atoms with E-state index < -0.39 is 23.3 Å². The molecule has 1 aliphatic heterocycles. The van der Waals surface area contributed by atoms with E-state index in [-0.39, 0.29) is 33.9 Å². The lowest BCUT2D eigenvalue weighted by Crippen LogP contribution is -2.46. The number of amides is 1. The van der Waals surface area contributed by atoms with E-state index in [1.54, 1.807) is 12.1 Å².